The number of carbonyl (C=O) groups excluding carboxylic acids is 2. The Bertz CT molecular complexity index is 1680. The number of likely N-dealkylation sites (tertiary alicyclic amines) is 1. The van der Waals surface area contributed by atoms with Crippen LogP contribution in [0, 0.1) is 0 Å². The predicted molar refractivity (Wildman–Crippen MR) is 184 cm³/mol. The van der Waals surface area contributed by atoms with E-state index in [1.807, 2.05) is 72.8 Å². The number of hydrogen-bond acceptors (Lipinski definition) is 8. The number of benzene rings is 3. The van der Waals surface area contributed by atoms with Gasteiger partial charge in [-0.1, -0.05) is 47.6 Å². The molecule has 3 aliphatic rings. The SMILES string of the molecule is CO/N=C(/c1ccc(NC(=O)C2=CCC(C)(N3CCC(O)C3)C=C2)cc1)c1ccc(NC(=O)c2ccc(N3CCC(O)C3)cc2)cc1. The molecule has 0 bridgehead atoms. The van der Waals surface area contributed by atoms with Gasteiger partial charge in [0.05, 0.1) is 12.2 Å². The summed E-state index contributed by atoms with van der Waals surface area (Å²) >= 11 is 0. The largest absolute Gasteiger partial charge is 0.399 e. The second-order valence-corrected chi connectivity index (χ2v) is 12.6. The van der Waals surface area contributed by atoms with Crippen molar-refractivity contribution in [1.29, 1.82) is 0 Å². The summed E-state index contributed by atoms with van der Waals surface area (Å²) in [4.78, 5) is 35.4. The van der Waals surface area contributed by atoms with Crippen LogP contribution in [0.25, 0.3) is 0 Å². The summed E-state index contributed by atoms with van der Waals surface area (Å²) in [6.45, 7) is 5.05. The number of nitrogens with zero attached hydrogens (tertiary/aromatic N) is 3. The predicted octanol–water partition coefficient (Wildman–Crippen LogP) is 4.56. The average Bonchev–Trinajstić information content (AvgIpc) is 3.73. The molecule has 0 radical (unpaired) electrons. The molecule has 1 aliphatic carbocycles. The third kappa shape index (κ3) is 7.46. The molecule has 0 aromatic heterocycles. The molecule has 0 spiro atoms. The normalized spacial score (nSPS) is 23.0. The van der Waals surface area contributed by atoms with E-state index in [4.69, 9.17) is 4.84 Å². The molecule has 6 rings (SSSR count). The van der Waals surface area contributed by atoms with Crippen LogP contribution in [-0.2, 0) is 9.63 Å². The van der Waals surface area contributed by atoms with E-state index in [0.717, 1.165) is 42.7 Å². The van der Waals surface area contributed by atoms with Crippen molar-refractivity contribution < 1.29 is 24.6 Å². The molecular weight excluding hydrogens is 594 g/mol. The van der Waals surface area contributed by atoms with Crippen LogP contribution in [0.3, 0.4) is 0 Å². The Morgan fingerprint density at radius 1 is 0.809 bits per heavy atom. The fourth-order valence-corrected chi connectivity index (χ4v) is 6.32. The van der Waals surface area contributed by atoms with Gasteiger partial charge in [-0.15, -0.1) is 0 Å². The molecule has 3 unspecified atom stereocenters. The third-order valence-electron chi connectivity index (χ3n) is 9.18. The molecule has 47 heavy (non-hydrogen) atoms. The molecule has 2 heterocycles. The van der Waals surface area contributed by atoms with Crippen molar-refractivity contribution in [2.24, 2.45) is 5.16 Å². The van der Waals surface area contributed by atoms with Crippen molar-refractivity contribution in [3.63, 3.8) is 0 Å². The molecular formula is C37H41N5O5. The zero-order valence-corrected chi connectivity index (χ0v) is 26.7. The monoisotopic (exact) mass is 635 g/mol. The fraction of sp³-hybridized carbons (Fsp3) is 0.324. The Morgan fingerprint density at radius 3 is 1.89 bits per heavy atom. The highest BCUT2D eigenvalue weighted by Crippen LogP contribution is 2.31. The topological polar surface area (TPSA) is 127 Å². The number of hydrogen-bond donors (Lipinski definition) is 4. The van der Waals surface area contributed by atoms with Gasteiger partial charge < -0.3 is 30.6 Å². The van der Waals surface area contributed by atoms with Crippen LogP contribution >= 0.6 is 0 Å². The lowest BCUT2D eigenvalue weighted by Gasteiger charge is -2.37. The molecule has 0 saturated carbocycles. The van der Waals surface area contributed by atoms with Crippen molar-refractivity contribution in [2.75, 3.05) is 48.8 Å². The summed E-state index contributed by atoms with van der Waals surface area (Å²) in [5.41, 5.74) is 5.45. The Hall–Kier alpha value is -4.77. The van der Waals surface area contributed by atoms with Gasteiger partial charge in [-0.3, -0.25) is 14.5 Å². The molecule has 4 N–H and O–H groups in total. The number of rotatable bonds is 9. The number of amides is 2. The molecule has 10 nitrogen and oxygen atoms in total. The number of carbonyl (C=O) groups is 2. The summed E-state index contributed by atoms with van der Waals surface area (Å²) in [7, 11) is 1.49. The molecule has 244 valence electrons. The minimum atomic E-state index is -0.305. The van der Waals surface area contributed by atoms with Crippen LogP contribution < -0.4 is 15.5 Å². The van der Waals surface area contributed by atoms with E-state index in [-0.39, 0.29) is 29.6 Å². The van der Waals surface area contributed by atoms with Gasteiger partial charge in [-0.2, -0.15) is 0 Å². The third-order valence-corrected chi connectivity index (χ3v) is 9.18. The van der Waals surface area contributed by atoms with Gasteiger partial charge in [-0.05, 0) is 74.7 Å². The molecule has 2 aliphatic heterocycles. The van der Waals surface area contributed by atoms with Crippen LogP contribution in [0.5, 0.6) is 0 Å². The lowest BCUT2D eigenvalue weighted by Crippen LogP contribution is -2.44. The quantitative estimate of drug-likeness (QED) is 0.201. The Kier molecular flexibility index (Phi) is 9.53. The average molecular weight is 636 g/mol. The molecule has 3 atom stereocenters. The van der Waals surface area contributed by atoms with E-state index >= 15 is 0 Å². The molecule has 3 aromatic carbocycles. The van der Waals surface area contributed by atoms with Crippen LogP contribution in [0.4, 0.5) is 17.1 Å². The van der Waals surface area contributed by atoms with Crippen LogP contribution in [0.2, 0.25) is 0 Å². The Labute approximate surface area is 275 Å². The number of nitrogens with one attached hydrogen (secondary N) is 2. The fourth-order valence-electron chi connectivity index (χ4n) is 6.32. The van der Waals surface area contributed by atoms with Gasteiger partial charge in [-0.25, -0.2) is 0 Å². The zero-order chi connectivity index (χ0) is 33.0. The van der Waals surface area contributed by atoms with Crippen LogP contribution in [-0.4, -0.2) is 83.7 Å². The van der Waals surface area contributed by atoms with E-state index in [1.54, 1.807) is 12.1 Å². The van der Waals surface area contributed by atoms with Crippen molar-refractivity contribution in [1.82, 2.24) is 4.90 Å². The zero-order valence-electron chi connectivity index (χ0n) is 26.7. The summed E-state index contributed by atoms with van der Waals surface area (Å²) in [5, 5.41) is 29.9. The summed E-state index contributed by atoms with van der Waals surface area (Å²) < 4.78 is 0. The summed E-state index contributed by atoms with van der Waals surface area (Å²) in [6, 6.07) is 22.1. The van der Waals surface area contributed by atoms with Crippen LogP contribution in [0.1, 0.15) is 47.7 Å². The highest BCUT2D eigenvalue weighted by atomic mass is 16.6. The second kappa shape index (κ2) is 13.9. The first-order chi connectivity index (χ1) is 22.7. The molecule has 2 saturated heterocycles. The molecule has 2 fully saturated rings. The van der Waals surface area contributed by atoms with E-state index in [1.165, 1.54) is 7.11 Å². The number of oxime groups is 1. The summed E-state index contributed by atoms with van der Waals surface area (Å²) in [5.74, 6) is -0.391. The van der Waals surface area contributed by atoms with E-state index in [2.05, 4.69) is 38.6 Å². The van der Waals surface area contributed by atoms with Gasteiger partial charge in [0.1, 0.15) is 12.8 Å². The maximum Gasteiger partial charge on any atom is 0.255 e. The van der Waals surface area contributed by atoms with Gasteiger partial charge in [0.15, 0.2) is 0 Å². The lowest BCUT2D eigenvalue weighted by atomic mass is 9.88. The van der Waals surface area contributed by atoms with Crippen molar-refractivity contribution in [3.05, 3.63) is 113 Å². The Morgan fingerprint density at radius 2 is 1.38 bits per heavy atom. The molecule has 2 amide bonds. The maximum atomic E-state index is 13.0. The minimum absolute atomic E-state index is 0.178. The van der Waals surface area contributed by atoms with Gasteiger partial charge in [0.2, 0.25) is 0 Å². The number of aliphatic hydroxyl groups excluding tert-OH is 2. The van der Waals surface area contributed by atoms with E-state index in [9.17, 15) is 19.8 Å². The minimum Gasteiger partial charge on any atom is -0.399 e. The van der Waals surface area contributed by atoms with Crippen molar-refractivity contribution in [3.8, 4) is 0 Å². The Balaban J connectivity index is 1.05. The standard InChI is InChI=1S/C37H41N5O5/c1-37(42-22-18-33(44)24-42)19-15-28(16-20-37)36(46)39-30-11-5-26(6-12-30)34(40-47-2)25-3-9-29(10-4-25)38-35(45)27-7-13-31(14-8-27)41-21-17-32(43)23-41/h3-16,19,32-33,43-44H,17-18,20-24H2,1-2H3,(H,38,45)(H,39,46)/b40-34+. The lowest BCUT2D eigenvalue weighted by molar-refractivity contribution is -0.112. The van der Waals surface area contributed by atoms with Gasteiger partial charge >= 0.3 is 0 Å². The summed E-state index contributed by atoms with van der Waals surface area (Å²) in [6.07, 6.45) is 7.53. The highest BCUT2D eigenvalue weighted by Gasteiger charge is 2.35. The molecule has 10 heteroatoms. The smallest absolute Gasteiger partial charge is 0.255 e. The first kappa shape index (κ1) is 32.2. The van der Waals surface area contributed by atoms with E-state index < -0.39 is 0 Å². The number of β-amino-alcohol motifs (C(OH)–C–C–N with tert-alkyl or cyclic N) is 2. The van der Waals surface area contributed by atoms with Gasteiger partial charge in [0, 0.05) is 71.0 Å². The first-order valence-electron chi connectivity index (χ1n) is 16.0. The van der Waals surface area contributed by atoms with E-state index in [0.29, 0.717) is 47.7 Å². The first-order valence-corrected chi connectivity index (χ1v) is 16.0. The number of anilines is 3. The number of aliphatic hydroxyl groups is 2. The van der Waals surface area contributed by atoms with Gasteiger partial charge in [0.25, 0.3) is 11.8 Å². The highest BCUT2D eigenvalue weighted by molar-refractivity contribution is 6.13. The van der Waals surface area contributed by atoms with Crippen molar-refractivity contribution in [2.45, 2.75) is 43.9 Å². The van der Waals surface area contributed by atoms with Crippen molar-refractivity contribution >= 4 is 34.6 Å². The van der Waals surface area contributed by atoms with Crippen LogP contribution in [0.15, 0.2) is 102 Å². The second-order valence-electron chi connectivity index (χ2n) is 12.6. The maximum absolute atomic E-state index is 13.0. The molecule has 3 aromatic rings.